The first-order valence-electron chi connectivity index (χ1n) is 8.46. The summed E-state index contributed by atoms with van der Waals surface area (Å²) in [5.41, 5.74) is 0.0600. The van der Waals surface area contributed by atoms with Crippen LogP contribution in [0.15, 0.2) is 33.0 Å². The maximum atomic E-state index is 12.3. The highest BCUT2D eigenvalue weighted by molar-refractivity contribution is 5.88. The van der Waals surface area contributed by atoms with Crippen molar-refractivity contribution in [2.75, 3.05) is 0 Å². The van der Waals surface area contributed by atoms with E-state index >= 15 is 0 Å². The number of aromatic hydroxyl groups is 1. The first-order chi connectivity index (χ1) is 12.1. The van der Waals surface area contributed by atoms with Gasteiger partial charge in [-0.15, -0.1) is 0 Å². The molecular weight excluding hydrogens is 336 g/mol. The molecule has 0 fully saturated rings. The van der Waals surface area contributed by atoms with Gasteiger partial charge in [0.25, 0.3) is 0 Å². The number of phenols is 1. The number of aryl methyl sites for hydroxylation is 1. The third kappa shape index (κ3) is 2.96. The van der Waals surface area contributed by atoms with Gasteiger partial charge in [0, 0.05) is 29.7 Å². The molecule has 1 aliphatic heterocycles. The van der Waals surface area contributed by atoms with Crippen molar-refractivity contribution in [3.63, 3.8) is 0 Å². The van der Waals surface area contributed by atoms with Gasteiger partial charge in [0.15, 0.2) is 5.43 Å². The van der Waals surface area contributed by atoms with Crippen molar-refractivity contribution in [1.82, 2.24) is 0 Å². The van der Waals surface area contributed by atoms with Crippen molar-refractivity contribution in [3.8, 4) is 11.5 Å². The van der Waals surface area contributed by atoms with E-state index < -0.39 is 17.7 Å². The molecule has 0 saturated heterocycles. The average Bonchev–Trinajstić information content (AvgIpc) is 2.54. The Kier molecular flexibility index (Phi) is 4.30. The van der Waals surface area contributed by atoms with Crippen molar-refractivity contribution in [2.24, 2.45) is 0 Å². The van der Waals surface area contributed by atoms with E-state index in [2.05, 4.69) is 0 Å². The lowest BCUT2D eigenvalue weighted by Gasteiger charge is -2.39. The van der Waals surface area contributed by atoms with Crippen LogP contribution >= 0.6 is 0 Å². The minimum absolute atomic E-state index is 0.104. The summed E-state index contributed by atoms with van der Waals surface area (Å²) in [5.74, 6) is 0.243. The van der Waals surface area contributed by atoms with Crippen LogP contribution in [0.4, 0.5) is 0 Å². The summed E-state index contributed by atoms with van der Waals surface area (Å²) < 4.78 is 17.1. The number of carbonyl (C=O) groups excluding carboxylic acids is 1. The van der Waals surface area contributed by atoms with Crippen molar-refractivity contribution >= 4 is 16.9 Å². The van der Waals surface area contributed by atoms with Gasteiger partial charge in [0.05, 0.1) is 0 Å². The highest BCUT2D eigenvalue weighted by Crippen LogP contribution is 2.42. The molecule has 1 atom stereocenters. The molecule has 26 heavy (non-hydrogen) atoms. The predicted molar refractivity (Wildman–Crippen MR) is 96.6 cm³/mol. The maximum Gasteiger partial charge on any atom is 0.333 e. The van der Waals surface area contributed by atoms with Crippen LogP contribution in [-0.2, 0) is 16.0 Å². The molecule has 0 bridgehead atoms. The molecule has 0 unspecified atom stereocenters. The second kappa shape index (κ2) is 6.20. The summed E-state index contributed by atoms with van der Waals surface area (Å²) in [7, 11) is 0. The van der Waals surface area contributed by atoms with Gasteiger partial charge in [0.2, 0.25) is 0 Å². The van der Waals surface area contributed by atoms with E-state index in [1.807, 2.05) is 13.8 Å². The van der Waals surface area contributed by atoms with Crippen LogP contribution in [0, 0.1) is 6.92 Å². The molecule has 2 heterocycles. The predicted octanol–water partition coefficient (Wildman–Crippen LogP) is 3.40. The second-order valence-electron chi connectivity index (χ2n) is 7.07. The zero-order valence-corrected chi connectivity index (χ0v) is 15.5. The summed E-state index contributed by atoms with van der Waals surface area (Å²) in [5, 5.41) is 10.8. The van der Waals surface area contributed by atoms with Crippen molar-refractivity contribution in [1.29, 1.82) is 0 Å². The zero-order valence-electron chi connectivity index (χ0n) is 15.5. The summed E-state index contributed by atoms with van der Waals surface area (Å²) in [6, 6.07) is 2.94. The molecule has 2 aromatic rings. The second-order valence-corrected chi connectivity index (χ2v) is 7.07. The molecule has 138 valence electrons. The minimum atomic E-state index is -0.805. The van der Waals surface area contributed by atoms with Crippen LogP contribution in [0.5, 0.6) is 11.5 Å². The van der Waals surface area contributed by atoms with Crippen LogP contribution in [0.25, 0.3) is 11.0 Å². The summed E-state index contributed by atoms with van der Waals surface area (Å²) in [4.78, 5) is 24.4. The monoisotopic (exact) mass is 358 g/mol. The molecule has 1 aromatic carbocycles. The van der Waals surface area contributed by atoms with Crippen LogP contribution in [0.1, 0.15) is 39.0 Å². The molecule has 6 nitrogen and oxygen atoms in total. The number of allylic oxidation sites excluding steroid dienone is 1. The number of carbonyl (C=O) groups is 1. The highest BCUT2D eigenvalue weighted by Gasteiger charge is 2.41. The molecule has 0 spiro atoms. The van der Waals surface area contributed by atoms with Crippen LogP contribution in [0.2, 0.25) is 0 Å². The largest absolute Gasteiger partial charge is 0.507 e. The number of ether oxygens (including phenoxy) is 2. The van der Waals surface area contributed by atoms with Crippen LogP contribution in [-0.4, -0.2) is 22.8 Å². The fourth-order valence-corrected chi connectivity index (χ4v) is 3.03. The molecule has 0 saturated carbocycles. The van der Waals surface area contributed by atoms with E-state index in [1.165, 1.54) is 6.07 Å². The number of benzene rings is 1. The van der Waals surface area contributed by atoms with Gasteiger partial charge in [0.1, 0.15) is 39.9 Å². The Morgan fingerprint density at radius 3 is 2.73 bits per heavy atom. The van der Waals surface area contributed by atoms with Crippen LogP contribution < -0.4 is 10.2 Å². The van der Waals surface area contributed by atoms with Gasteiger partial charge in [-0.2, -0.15) is 0 Å². The van der Waals surface area contributed by atoms with Gasteiger partial charge < -0.3 is 19.0 Å². The Bertz CT molecular complexity index is 980. The molecular formula is C20H22O6. The molecule has 1 aromatic heterocycles. The summed E-state index contributed by atoms with van der Waals surface area (Å²) in [6.07, 6.45) is 1.30. The Labute approximate surface area is 151 Å². The lowest BCUT2D eigenvalue weighted by Crippen LogP contribution is -2.49. The molecule has 0 aliphatic carbocycles. The number of fused-ring (bicyclic) bond motifs is 2. The normalized spacial score (nSPS) is 19.0. The van der Waals surface area contributed by atoms with Crippen molar-refractivity contribution in [2.45, 2.75) is 52.7 Å². The van der Waals surface area contributed by atoms with Crippen molar-refractivity contribution < 1.29 is 23.8 Å². The molecule has 1 aliphatic rings. The maximum absolute atomic E-state index is 12.3. The fourth-order valence-electron chi connectivity index (χ4n) is 3.03. The lowest BCUT2D eigenvalue weighted by molar-refractivity contribution is -0.156. The van der Waals surface area contributed by atoms with Gasteiger partial charge in [-0.25, -0.2) is 4.79 Å². The number of hydrogen-bond donors (Lipinski definition) is 1. The number of esters is 1. The number of phenolic OH excluding ortho intramolecular Hbond substituents is 1. The standard InChI is InChI=1S/C20H22O6/c1-6-10(2)19(23)25-16-8-12-14(26-20(16,4)5)9-15-17(18(12)22)13(21)7-11(3)24-15/h6-7,9,16,22H,8H2,1-5H3/b10-6-/t16-/m0/s1. The van der Waals surface area contributed by atoms with E-state index in [9.17, 15) is 14.7 Å². The van der Waals surface area contributed by atoms with E-state index in [0.29, 0.717) is 22.6 Å². The van der Waals surface area contributed by atoms with Gasteiger partial charge in [-0.3, -0.25) is 4.79 Å². The van der Waals surface area contributed by atoms with Gasteiger partial charge >= 0.3 is 5.97 Å². The third-order valence-electron chi connectivity index (χ3n) is 4.72. The fraction of sp³-hybridized carbons (Fsp3) is 0.400. The quantitative estimate of drug-likeness (QED) is 0.654. The minimum Gasteiger partial charge on any atom is -0.507 e. The highest BCUT2D eigenvalue weighted by atomic mass is 16.6. The average molecular weight is 358 g/mol. The topological polar surface area (TPSA) is 86.0 Å². The third-order valence-corrected chi connectivity index (χ3v) is 4.72. The molecule has 6 heteroatoms. The van der Waals surface area contributed by atoms with E-state index in [4.69, 9.17) is 13.9 Å². The van der Waals surface area contributed by atoms with E-state index in [0.717, 1.165) is 0 Å². The van der Waals surface area contributed by atoms with Gasteiger partial charge in [-0.1, -0.05) is 6.08 Å². The smallest absolute Gasteiger partial charge is 0.333 e. The number of rotatable bonds is 2. The first kappa shape index (κ1) is 18.0. The van der Waals surface area contributed by atoms with E-state index in [-0.39, 0.29) is 28.6 Å². The SMILES string of the molecule is C/C=C(/C)C(=O)O[C@H]1Cc2c(cc3oc(C)cc(=O)c3c2O)OC1(C)C. The van der Waals surface area contributed by atoms with E-state index in [1.54, 1.807) is 32.9 Å². The number of hydrogen-bond acceptors (Lipinski definition) is 6. The van der Waals surface area contributed by atoms with Gasteiger partial charge in [-0.05, 0) is 34.6 Å². The van der Waals surface area contributed by atoms with Crippen LogP contribution in [0.3, 0.4) is 0 Å². The molecule has 3 rings (SSSR count). The molecule has 1 N–H and O–H groups in total. The Morgan fingerprint density at radius 2 is 2.08 bits per heavy atom. The molecule has 0 amide bonds. The van der Waals surface area contributed by atoms with Crippen molar-refractivity contribution in [3.05, 3.63) is 45.3 Å². The lowest BCUT2D eigenvalue weighted by atomic mass is 9.89. The Balaban J connectivity index is 2.09. The Morgan fingerprint density at radius 1 is 1.38 bits per heavy atom. The summed E-state index contributed by atoms with van der Waals surface area (Å²) >= 11 is 0. The molecule has 0 radical (unpaired) electrons. The first-order valence-corrected chi connectivity index (χ1v) is 8.46. The Hall–Kier alpha value is -2.76. The summed E-state index contributed by atoms with van der Waals surface area (Å²) in [6.45, 7) is 8.72. The zero-order chi connectivity index (χ0) is 19.2.